The maximum atomic E-state index is 8.48. The molecule has 0 heterocycles. The molecule has 0 aromatic heterocycles. The fourth-order valence-electron chi connectivity index (χ4n) is 0.760. The summed E-state index contributed by atoms with van der Waals surface area (Å²) in [7, 11) is 0. The van der Waals surface area contributed by atoms with Crippen molar-refractivity contribution in [1.29, 1.82) is 0 Å². The van der Waals surface area contributed by atoms with Crippen molar-refractivity contribution < 1.29 is 20.5 Å². The predicted molar refractivity (Wildman–Crippen MR) is 68.2 cm³/mol. The second kappa shape index (κ2) is 30.1. The van der Waals surface area contributed by atoms with Crippen LogP contribution in [0.1, 0.15) is 0 Å². The fourth-order valence-corrected chi connectivity index (χ4v) is 0.760. The molecule has 0 spiro atoms. The Balaban J connectivity index is -0.0000000606. The van der Waals surface area contributed by atoms with Gasteiger partial charge in [0.25, 0.3) is 0 Å². The number of aliphatic hydroxyl groups is 3. The standard InChI is InChI=1S/C6H15NO3.Ca.ClH.HNO2.Na.3H/c8-4-1-7(2-5-9)3-6-10;;;2-1-3;;;;/h8-10H,1-6H2;;1H;(H,2,3);;;;. The van der Waals surface area contributed by atoms with Crippen molar-refractivity contribution in [2.75, 3.05) is 39.5 Å². The average Bonchev–Trinajstić information content (AvgIpc) is 2.07. The second-order valence-corrected chi connectivity index (χ2v) is 2.09. The summed E-state index contributed by atoms with van der Waals surface area (Å²) in [5, 5.41) is 33.3. The van der Waals surface area contributed by atoms with Crippen LogP contribution in [0.2, 0.25) is 0 Å². The molecular weight excluding hydrogens is 279 g/mol. The van der Waals surface area contributed by atoms with Crippen LogP contribution in [0.5, 0.6) is 0 Å². The SMILES string of the molecule is Cl.O=NO.OCCN(CCO)CCO.[CaH2].[NaH]. The first-order valence-corrected chi connectivity index (χ1v) is 3.78. The summed E-state index contributed by atoms with van der Waals surface area (Å²) < 4.78 is 0. The third-order valence-electron chi connectivity index (χ3n) is 1.25. The van der Waals surface area contributed by atoms with E-state index in [2.05, 4.69) is 0 Å². The van der Waals surface area contributed by atoms with E-state index in [0.29, 0.717) is 19.6 Å². The van der Waals surface area contributed by atoms with E-state index in [4.69, 9.17) is 25.4 Å². The minimum atomic E-state index is 0. The molecule has 0 amide bonds. The summed E-state index contributed by atoms with van der Waals surface area (Å²) in [6.45, 7) is 1.75. The van der Waals surface area contributed by atoms with Gasteiger partial charge >= 0.3 is 67.3 Å². The first kappa shape index (κ1) is 30.7. The van der Waals surface area contributed by atoms with Gasteiger partial charge in [-0.25, -0.2) is 0 Å². The van der Waals surface area contributed by atoms with Crippen LogP contribution in [-0.2, 0) is 0 Å². The van der Waals surface area contributed by atoms with Crippen molar-refractivity contribution in [3.8, 4) is 0 Å². The predicted octanol–water partition coefficient (Wildman–Crippen LogP) is -2.74. The molecule has 0 aliphatic carbocycles. The van der Waals surface area contributed by atoms with Crippen LogP contribution in [0.25, 0.3) is 0 Å². The van der Waals surface area contributed by atoms with Gasteiger partial charge in [0.1, 0.15) is 0 Å². The molecule has 0 saturated carbocycles. The van der Waals surface area contributed by atoms with Crippen molar-refractivity contribution in [3.63, 3.8) is 0 Å². The Labute approximate surface area is 153 Å². The Hall–Kier alpha value is 1.79. The summed E-state index contributed by atoms with van der Waals surface area (Å²) in [4.78, 5) is 9.90. The summed E-state index contributed by atoms with van der Waals surface area (Å²) >= 11 is 0. The Kier molecular flexibility index (Phi) is 57.7. The molecule has 0 bridgehead atoms. The Morgan fingerprint density at radius 1 is 0.938 bits per heavy atom. The topological polar surface area (TPSA) is 114 Å². The van der Waals surface area contributed by atoms with Crippen molar-refractivity contribution in [3.05, 3.63) is 4.91 Å². The van der Waals surface area contributed by atoms with Gasteiger partial charge in [0.05, 0.1) is 19.8 Å². The number of hydrogen-bond donors (Lipinski definition) is 4. The molecule has 0 saturated heterocycles. The van der Waals surface area contributed by atoms with Crippen LogP contribution in [-0.4, -0.2) is 132 Å². The quantitative estimate of drug-likeness (QED) is 0.240. The van der Waals surface area contributed by atoms with Crippen molar-refractivity contribution in [2.45, 2.75) is 0 Å². The van der Waals surface area contributed by atoms with Gasteiger partial charge in [-0.3, -0.25) is 4.90 Å². The van der Waals surface area contributed by atoms with Crippen LogP contribution < -0.4 is 0 Å². The molecule has 94 valence electrons. The van der Waals surface area contributed by atoms with Crippen LogP contribution in [0, 0.1) is 4.91 Å². The average molecular weight is 299 g/mol. The monoisotopic (exact) mass is 298 g/mol. The Morgan fingerprint density at radius 2 is 1.12 bits per heavy atom. The number of rotatable bonds is 6. The van der Waals surface area contributed by atoms with Gasteiger partial charge < -0.3 is 20.5 Å². The molecule has 0 aromatic carbocycles. The third kappa shape index (κ3) is 29.7. The Morgan fingerprint density at radius 3 is 1.25 bits per heavy atom. The number of hydrogen-bond acceptors (Lipinski definition) is 6. The zero-order chi connectivity index (χ0) is 10.5. The van der Waals surface area contributed by atoms with Crippen molar-refractivity contribution in [1.82, 2.24) is 4.90 Å². The maximum absolute atomic E-state index is 8.48. The fraction of sp³-hybridized carbons (Fsp3) is 1.00. The number of nitrogens with zero attached hydrogens (tertiary/aromatic N) is 2. The van der Waals surface area contributed by atoms with Gasteiger partial charge in [0.15, 0.2) is 5.34 Å². The molecule has 4 N–H and O–H groups in total. The molecule has 16 heavy (non-hydrogen) atoms. The molecular formula is C6H20CaClN2NaO5. The molecule has 0 unspecified atom stereocenters. The van der Waals surface area contributed by atoms with Crippen molar-refractivity contribution >= 4 is 79.7 Å². The van der Waals surface area contributed by atoms with E-state index in [1.165, 1.54) is 5.34 Å². The van der Waals surface area contributed by atoms with Gasteiger partial charge in [0.2, 0.25) is 0 Å². The van der Waals surface area contributed by atoms with Crippen LogP contribution in [0.15, 0.2) is 5.34 Å². The van der Waals surface area contributed by atoms with Gasteiger partial charge in [-0.2, -0.15) is 0 Å². The molecule has 0 aliphatic rings. The van der Waals surface area contributed by atoms with Gasteiger partial charge in [-0.05, 0) is 0 Å². The third-order valence-corrected chi connectivity index (χ3v) is 1.25. The molecule has 0 aliphatic heterocycles. The normalized spacial score (nSPS) is 7.50. The first-order chi connectivity index (χ1) is 6.26. The number of halogens is 1. The molecule has 0 aromatic rings. The molecule has 0 rings (SSSR count). The first-order valence-electron chi connectivity index (χ1n) is 3.78. The van der Waals surface area contributed by atoms with Crippen molar-refractivity contribution in [2.24, 2.45) is 5.34 Å². The molecule has 0 fully saturated rings. The van der Waals surface area contributed by atoms with E-state index in [0.717, 1.165) is 0 Å². The summed E-state index contributed by atoms with van der Waals surface area (Å²) in [6.07, 6.45) is 0. The summed E-state index contributed by atoms with van der Waals surface area (Å²) in [5.41, 5.74) is 0. The van der Waals surface area contributed by atoms with E-state index in [1.54, 1.807) is 4.90 Å². The van der Waals surface area contributed by atoms with Crippen LogP contribution >= 0.6 is 12.4 Å². The zero-order valence-electron chi connectivity index (χ0n) is 7.74. The van der Waals surface area contributed by atoms with Gasteiger partial charge in [-0.15, -0.1) is 17.3 Å². The van der Waals surface area contributed by atoms with E-state index in [9.17, 15) is 0 Å². The van der Waals surface area contributed by atoms with Gasteiger partial charge in [0, 0.05) is 19.6 Å². The van der Waals surface area contributed by atoms with Crippen LogP contribution in [0.4, 0.5) is 0 Å². The number of aliphatic hydroxyl groups excluding tert-OH is 3. The van der Waals surface area contributed by atoms with E-state index < -0.39 is 0 Å². The Bertz CT molecular complexity index is 105. The molecule has 7 nitrogen and oxygen atoms in total. The molecule has 0 atom stereocenters. The summed E-state index contributed by atoms with van der Waals surface area (Å²) in [5.74, 6) is 0. The van der Waals surface area contributed by atoms with E-state index >= 15 is 0 Å². The van der Waals surface area contributed by atoms with Gasteiger partial charge in [-0.1, -0.05) is 0 Å². The second-order valence-electron chi connectivity index (χ2n) is 2.09. The van der Waals surface area contributed by atoms with E-state index in [-0.39, 0.29) is 99.5 Å². The van der Waals surface area contributed by atoms with Crippen LogP contribution in [0.3, 0.4) is 0 Å². The zero-order valence-corrected chi connectivity index (χ0v) is 8.56. The summed E-state index contributed by atoms with van der Waals surface area (Å²) in [6, 6.07) is 0. The molecule has 10 heteroatoms. The minimum absolute atomic E-state index is 0. The molecule has 0 radical (unpaired) electrons. The van der Waals surface area contributed by atoms with E-state index in [1.807, 2.05) is 0 Å².